The van der Waals surface area contributed by atoms with Gasteiger partial charge in [0, 0.05) is 6.54 Å². The van der Waals surface area contributed by atoms with Crippen molar-refractivity contribution in [1.82, 2.24) is 15.5 Å². The summed E-state index contributed by atoms with van der Waals surface area (Å²) in [7, 11) is 0. The van der Waals surface area contributed by atoms with E-state index in [-0.39, 0.29) is 24.8 Å². The van der Waals surface area contributed by atoms with E-state index in [1.807, 2.05) is 13.8 Å². The molecule has 3 amide bonds. The number of nitrogens with two attached hydrogens (primary N) is 2. The lowest BCUT2D eigenvalue weighted by atomic mass is 10.0. The predicted octanol–water partition coefficient (Wildman–Crippen LogP) is -0.835. The van der Waals surface area contributed by atoms with E-state index in [9.17, 15) is 24.3 Å². The minimum atomic E-state index is -1.11. The predicted molar refractivity (Wildman–Crippen MR) is 108 cm³/mol. The van der Waals surface area contributed by atoms with Crippen molar-refractivity contribution in [3.05, 3.63) is 0 Å². The molecule has 1 heterocycles. The first kappa shape index (κ1) is 24.8. The van der Waals surface area contributed by atoms with Crippen LogP contribution in [0.25, 0.3) is 0 Å². The second kappa shape index (κ2) is 12.4. The largest absolute Gasteiger partial charge is 0.480 e. The lowest BCUT2D eigenvalue weighted by Gasteiger charge is -2.26. The monoisotopic (exact) mass is 413 g/mol. The van der Waals surface area contributed by atoms with Gasteiger partial charge in [0.2, 0.25) is 17.7 Å². The molecule has 10 heteroatoms. The van der Waals surface area contributed by atoms with E-state index < -0.39 is 35.9 Å². The Morgan fingerprint density at radius 1 is 1.21 bits per heavy atom. The van der Waals surface area contributed by atoms with E-state index in [0.29, 0.717) is 45.2 Å². The highest BCUT2D eigenvalue weighted by atomic mass is 16.4. The molecular formula is C19H35N5O5. The molecule has 0 saturated carbocycles. The molecule has 0 spiro atoms. The standard InChI is InChI=1S/C19H35N5O5/c1-12(2)10-13(21)17(26)22-11-16(25)24-9-5-7-15(24)18(27)23-14(19(28)29)6-3-4-8-20/h12-15H,3-11,20-21H2,1-2H3,(H,22,26)(H,23,27)(H,28,29). The SMILES string of the molecule is CC(C)CC(N)C(=O)NCC(=O)N1CCCC1C(=O)NC(CCCCN)C(=O)O. The molecule has 0 bridgehead atoms. The molecule has 166 valence electrons. The van der Waals surface area contributed by atoms with Crippen molar-refractivity contribution in [1.29, 1.82) is 0 Å². The number of rotatable bonds is 12. The fraction of sp³-hybridized carbons (Fsp3) is 0.789. The van der Waals surface area contributed by atoms with E-state index >= 15 is 0 Å². The Labute approximate surface area is 171 Å². The normalized spacial score (nSPS) is 18.4. The Hall–Kier alpha value is -2.20. The third kappa shape index (κ3) is 8.36. The van der Waals surface area contributed by atoms with Gasteiger partial charge in [0.15, 0.2) is 0 Å². The number of carboxylic acid groups (broad SMARTS) is 1. The summed E-state index contributed by atoms with van der Waals surface area (Å²) < 4.78 is 0. The van der Waals surface area contributed by atoms with Crippen molar-refractivity contribution in [2.75, 3.05) is 19.6 Å². The minimum Gasteiger partial charge on any atom is -0.480 e. The summed E-state index contributed by atoms with van der Waals surface area (Å²) in [6, 6.07) is -2.44. The summed E-state index contributed by atoms with van der Waals surface area (Å²) in [5, 5.41) is 14.4. The van der Waals surface area contributed by atoms with Gasteiger partial charge >= 0.3 is 5.97 Å². The van der Waals surface area contributed by atoms with Crippen LogP contribution < -0.4 is 22.1 Å². The van der Waals surface area contributed by atoms with Gasteiger partial charge in [-0.2, -0.15) is 0 Å². The zero-order chi connectivity index (χ0) is 22.0. The van der Waals surface area contributed by atoms with Crippen molar-refractivity contribution < 1.29 is 24.3 Å². The van der Waals surface area contributed by atoms with Gasteiger partial charge in [-0.15, -0.1) is 0 Å². The quantitative estimate of drug-likeness (QED) is 0.260. The summed E-state index contributed by atoms with van der Waals surface area (Å²) >= 11 is 0. The Morgan fingerprint density at radius 3 is 2.48 bits per heavy atom. The van der Waals surface area contributed by atoms with Crippen molar-refractivity contribution >= 4 is 23.7 Å². The number of unbranched alkanes of at least 4 members (excludes halogenated alkanes) is 1. The third-order valence-corrected chi connectivity index (χ3v) is 4.91. The first-order chi connectivity index (χ1) is 13.7. The summed E-state index contributed by atoms with van der Waals surface area (Å²) in [5.41, 5.74) is 11.2. The maximum atomic E-state index is 12.6. The van der Waals surface area contributed by atoms with Gasteiger partial charge in [-0.25, -0.2) is 4.79 Å². The average Bonchev–Trinajstić information content (AvgIpc) is 3.14. The molecule has 3 unspecified atom stereocenters. The zero-order valence-corrected chi connectivity index (χ0v) is 17.4. The highest BCUT2D eigenvalue weighted by Crippen LogP contribution is 2.18. The van der Waals surface area contributed by atoms with Gasteiger partial charge in [0.25, 0.3) is 0 Å². The molecule has 0 aliphatic carbocycles. The minimum absolute atomic E-state index is 0.243. The van der Waals surface area contributed by atoms with Gasteiger partial charge in [-0.3, -0.25) is 14.4 Å². The number of carbonyl (C=O) groups excluding carboxylic acids is 3. The summed E-state index contributed by atoms with van der Waals surface area (Å²) in [6.45, 7) is 4.50. The summed E-state index contributed by atoms with van der Waals surface area (Å²) in [5.74, 6) is -2.14. The zero-order valence-electron chi connectivity index (χ0n) is 17.4. The van der Waals surface area contributed by atoms with E-state index in [0.717, 1.165) is 0 Å². The topological polar surface area (TPSA) is 168 Å². The molecular weight excluding hydrogens is 378 g/mol. The number of nitrogens with one attached hydrogen (secondary N) is 2. The molecule has 29 heavy (non-hydrogen) atoms. The van der Waals surface area contributed by atoms with Crippen LogP contribution in [0.3, 0.4) is 0 Å². The Morgan fingerprint density at radius 2 is 1.90 bits per heavy atom. The van der Waals surface area contributed by atoms with Crippen LogP contribution in [0.5, 0.6) is 0 Å². The number of amides is 3. The van der Waals surface area contributed by atoms with Crippen LogP contribution in [0, 0.1) is 5.92 Å². The van der Waals surface area contributed by atoms with E-state index in [4.69, 9.17) is 11.5 Å². The molecule has 1 aliphatic rings. The number of carboxylic acids is 1. The molecule has 1 rings (SSSR count). The highest BCUT2D eigenvalue weighted by Gasteiger charge is 2.35. The Bertz CT molecular complexity index is 583. The van der Waals surface area contributed by atoms with Crippen LogP contribution in [-0.4, -0.2) is 71.5 Å². The lowest BCUT2D eigenvalue weighted by Crippen LogP contribution is -2.53. The van der Waals surface area contributed by atoms with Crippen LogP contribution in [0.2, 0.25) is 0 Å². The maximum absolute atomic E-state index is 12.6. The van der Waals surface area contributed by atoms with Crippen molar-refractivity contribution in [2.24, 2.45) is 17.4 Å². The van der Waals surface area contributed by atoms with Gasteiger partial charge in [-0.05, 0) is 51.0 Å². The van der Waals surface area contributed by atoms with Crippen LogP contribution in [0.1, 0.15) is 52.4 Å². The van der Waals surface area contributed by atoms with Gasteiger partial charge in [0.05, 0.1) is 12.6 Å². The summed E-state index contributed by atoms with van der Waals surface area (Å²) in [6.07, 6.45) is 3.14. The van der Waals surface area contributed by atoms with Crippen LogP contribution >= 0.6 is 0 Å². The number of likely N-dealkylation sites (tertiary alicyclic amines) is 1. The van der Waals surface area contributed by atoms with Gasteiger partial charge < -0.3 is 32.1 Å². The van der Waals surface area contributed by atoms with Crippen molar-refractivity contribution in [2.45, 2.75) is 70.5 Å². The first-order valence-electron chi connectivity index (χ1n) is 10.2. The fourth-order valence-electron chi connectivity index (χ4n) is 3.37. The fourth-order valence-corrected chi connectivity index (χ4v) is 3.37. The van der Waals surface area contributed by atoms with Crippen LogP contribution in [0.4, 0.5) is 0 Å². The Kier molecular flexibility index (Phi) is 10.6. The van der Waals surface area contributed by atoms with Crippen molar-refractivity contribution in [3.63, 3.8) is 0 Å². The highest BCUT2D eigenvalue weighted by molar-refractivity contribution is 5.92. The third-order valence-electron chi connectivity index (χ3n) is 4.91. The molecule has 0 radical (unpaired) electrons. The number of hydrogen-bond donors (Lipinski definition) is 5. The molecule has 1 aliphatic heterocycles. The number of aliphatic carboxylic acids is 1. The van der Waals surface area contributed by atoms with E-state index in [1.54, 1.807) is 0 Å². The average molecular weight is 414 g/mol. The Balaban J connectivity index is 2.59. The van der Waals surface area contributed by atoms with Crippen molar-refractivity contribution in [3.8, 4) is 0 Å². The number of carbonyl (C=O) groups is 4. The molecule has 1 saturated heterocycles. The maximum Gasteiger partial charge on any atom is 0.326 e. The summed E-state index contributed by atoms with van der Waals surface area (Å²) in [4.78, 5) is 49.9. The molecule has 0 aromatic heterocycles. The molecule has 10 nitrogen and oxygen atoms in total. The number of nitrogens with zero attached hydrogens (tertiary/aromatic N) is 1. The molecule has 3 atom stereocenters. The van der Waals surface area contributed by atoms with Gasteiger partial charge in [0.1, 0.15) is 12.1 Å². The lowest BCUT2D eigenvalue weighted by molar-refractivity contribution is -0.144. The van der Waals surface area contributed by atoms with Gasteiger partial charge in [-0.1, -0.05) is 13.8 Å². The molecule has 7 N–H and O–H groups in total. The smallest absolute Gasteiger partial charge is 0.326 e. The second-order valence-corrected chi connectivity index (χ2v) is 7.88. The first-order valence-corrected chi connectivity index (χ1v) is 10.2. The number of hydrogen-bond acceptors (Lipinski definition) is 6. The second-order valence-electron chi connectivity index (χ2n) is 7.88. The van der Waals surface area contributed by atoms with E-state index in [2.05, 4.69) is 10.6 Å². The van der Waals surface area contributed by atoms with Crippen LogP contribution in [-0.2, 0) is 19.2 Å². The van der Waals surface area contributed by atoms with Crippen LogP contribution in [0.15, 0.2) is 0 Å². The molecule has 1 fully saturated rings. The van der Waals surface area contributed by atoms with E-state index in [1.165, 1.54) is 4.90 Å². The molecule has 0 aromatic carbocycles. The molecule has 0 aromatic rings.